The molecule has 2 aromatic carbocycles. The van der Waals surface area contributed by atoms with Crippen LogP contribution in [0.3, 0.4) is 0 Å². The van der Waals surface area contributed by atoms with Gasteiger partial charge >= 0.3 is 0 Å². The lowest BCUT2D eigenvalue weighted by atomic mass is 10.0. The Balaban J connectivity index is 2.05. The van der Waals surface area contributed by atoms with Gasteiger partial charge < -0.3 is 5.21 Å². The number of hydrogen-bond acceptors (Lipinski definition) is 4. The quantitative estimate of drug-likeness (QED) is 0.310. The number of hydrogen-bond donors (Lipinski definition) is 0. The monoisotopic (exact) mass is 354 g/mol. The first-order chi connectivity index (χ1) is 12.0. The average molecular weight is 355 g/mol. The maximum Gasteiger partial charge on any atom is 0.279 e. The van der Waals surface area contributed by atoms with Crippen molar-refractivity contribution in [3.05, 3.63) is 68.0 Å². The van der Waals surface area contributed by atoms with Crippen LogP contribution in [0.15, 0.2) is 36.4 Å². The first kappa shape index (κ1) is 15.4. The maximum atomic E-state index is 12.7. The molecule has 8 heteroatoms. The van der Waals surface area contributed by atoms with Crippen molar-refractivity contribution in [1.29, 1.82) is 5.26 Å². The molecule has 0 aliphatic heterocycles. The second-order valence-corrected chi connectivity index (χ2v) is 6.42. The van der Waals surface area contributed by atoms with E-state index in [4.69, 9.17) is 11.6 Å². The van der Waals surface area contributed by atoms with Gasteiger partial charge in [0.1, 0.15) is 11.8 Å². The largest absolute Gasteiger partial charge is 0.595 e. The molecular formula is C17H11ClN4O3. The Hall–Kier alpha value is -3.11. The van der Waals surface area contributed by atoms with Gasteiger partial charge in [0.2, 0.25) is 0 Å². The lowest BCUT2D eigenvalue weighted by molar-refractivity contribution is -0.659. The van der Waals surface area contributed by atoms with Crippen molar-refractivity contribution in [3.8, 4) is 11.8 Å². The molecule has 7 nitrogen and oxygen atoms in total. The van der Waals surface area contributed by atoms with Crippen LogP contribution in [0.2, 0.25) is 5.02 Å². The van der Waals surface area contributed by atoms with E-state index < -0.39 is 4.92 Å². The van der Waals surface area contributed by atoms with E-state index in [1.165, 1.54) is 10.7 Å². The van der Waals surface area contributed by atoms with E-state index in [1.54, 1.807) is 30.3 Å². The first-order valence-corrected chi connectivity index (χ1v) is 8.01. The molecule has 124 valence electrons. The molecule has 1 aromatic heterocycles. The Kier molecular flexibility index (Phi) is 3.37. The molecule has 1 aliphatic carbocycles. The number of benzene rings is 2. The molecule has 0 radical (unpaired) electrons. The van der Waals surface area contributed by atoms with Crippen LogP contribution in [0.1, 0.15) is 30.0 Å². The van der Waals surface area contributed by atoms with Gasteiger partial charge in [0.25, 0.3) is 11.2 Å². The summed E-state index contributed by atoms with van der Waals surface area (Å²) in [6.45, 7) is 0. The highest BCUT2D eigenvalue weighted by Gasteiger charge is 2.34. The van der Waals surface area contributed by atoms with E-state index in [9.17, 15) is 20.6 Å². The van der Waals surface area contributed by atoms with Crippen molar-refractivity contribution in [1.82, 2.24) is 4.68 Å². The van der Waals surface area contributed by atoms with Crippen molar-refractivity contribution in [2.75, 3.05) is 0 Å². The molecule has 4 rings (SSSR count). The lowest BCUT2D eigenvalue weighted by Crippen LogP contribution is -2.37. The summed E-state index contributed by atoms with van der Waals surface area (Å²) in [4.78, 5) is 11.4. The number of aromatic nitrogens is 2. The summed E-state index contributed by atoms with van der Waals surface area (Å²) in [7, 11) is 0. The molecule has 1 heterocycles. The molecular weight excluding hydrogens is 344 g/mol. The summed E-state index contributed by atoms with van der Waals surface area (Å²) < 4.78 is 1.20. The van der Waals surface area contributed by atoms with E-state index in [2.05, 4.69) is 0 Å². The minimum Gasteiger partial charge on any atom is -0.595 e. The second-order valence-electron chi connectivity index (χ2n) is 5.98. The predicted octanol–water partition coefficient (Wildman–Crippen LogP) is 3.57. The van der Waals surface area contributed by atoms with Gasteiger partial charge in [-0.3, -0.25) is 10.1 Å². The third kappa shape index (κ3) is 2.39. The Morgan fingerprint density at radius 1 is 1.28 bits per heavy atom. The number of fused-ring (bicyclic) bond motifs is 1. The molecule has 0 atom stereocenters. The summed E-state index contributed by atoms with van der Waals surface area (Å²) >= 11 is 5.88. The van der Waals surface area contributed by atoms with Crippen molar-refractivity contribution in [2.45, 2.75) is 18.8 Å². The van der Waals surface area contributed by atoms with Gasteiger partial charge in [-0.25, -0.2) is 0 Å². The third-order valence-electron chi connectivity index (χ3n) is 4.39. The Morgan fingerprint density at radius 3 is 2.52 bits per heavy atom. The number of nitro benzene ring substituents is 1. The highest BCUT2D eigenvalue weighted by atomic mass is 35.5. The molecule has 1 saturated carbocycles. The number of nitrogens with zero attached hydrogens (tertiary/aromatic N) is 4. The molecule has 0 unspecified atom stereocenters. The van der Waals surface area contributed by atoms with Gasteiger partial charge in [0.15, 0.2) is 5.69 Å². The second kappa shape index (κ2) is 5.46. The SMILES string of the molecule is N#Cc1c2cc(C3CC3)c([N+](=O)[O-])cc2[n+]([O-])n1-c1ccc(Cl)cc1. The van der Waals surface area contributed by atoms with Crippen LogP contribution >= 0.6 is 11.6 Å². The fraction of sp³-hybridized carbons (Fsp3) is 0.176. The average Bonchev–Trinajstić information content (AvgIpc) is 3.40. The summed E-state index contributed by atoms with van der Waals surface area (Å²) in [6.07, 6.45) is 1.76. The summed E-state index contributed by atoms with van der Waals surface area (Å²) in [6, 6.07) is 11.4. The molecule has 0 amide bonds. The van der Waals surface area contributed by atoms with Gasteiger partial charge in [0, 0.05) is 10.6 Å². The minimum absolute atomic E-state index is 0.0719. The molecule has 1 fully saturated rings. The molecule has 0 bridgehead atoms. The van der Waals surface area contributed by atoms with E-state index >= 15 is 0 Å². The van der Waals surface area contributed by atoms with Crippen LogP contribution in [-0.4, -0.2) is 9.61 Å². The molecule has 0 saturated heterocycles. The molecule has 1 aliphatic rings. The summed E-state index contributed by atoms with van der Waals surface area (Å²) in [5.74, 6) is 0.121. The fourth-order valence-electron chi connectivity index (χ4n) is 3.06. The zero-order chi connectivity index (χ0) is 17.7. The normalized spacial score (nSPS) is 13.8. The molecule has 3 aromatic rings. The van der Waals surface area contributed by atoms with Gasteiger partial charge in [-0.05, 0) is 49.1 Å². The van der Waals surface area contributed by atoms with E-state index in [0.717, 1.165) is 12.8 Å². The van der Waals surface area contributed by atoms with Gasteiger partial charge in [-0.15, -0.1) is 0 Å². The van der Waals surface area contributed by atoms with Crippen molar-refractivity contribution in [2.24, 2.45) is 0 Å². The first-order valence-electron chi connectivity index (χ1n) is 7.64. The number of nitro groups is 1. The number of rotatable bonds is 3. The van der Waals surface area contributed by atoms with Crippen LogP contribution in [0.4, 0.5) is 5.69 Å². The number of nitriles is 1. The molecule has 0 spiro atoms. The van der Waals surface area contributed by atoms with E-state index in [1.807, 2.05) is 6.07 Å². The topological polar surface area (TPSA) is 98.8 Å². The van der Waals surface area contributed by atoms with Gasteiger partial charge in [0.05, 0.1) is 16.4 Å². The Bertz CT molecular complexity index is 1060. The van der Waals surface area contributed by atoms with E-state index in [-0.39, 0.29) is 22.8 Å². The van der Waals surface area contributed by atoms with Crippen LogP contribution in [0.25, 0.3) is 16.6 Å². The Labute approximate surface area is 147 Å². The van der Waals surface area contributed by atoms with E-state index in [0.29, 0.717) is 26.5 Å². The lowest BCUT2D eigenvalue weighted by Gasteiger charge is -2.04. The van der Waals surface area contributed by atoms with Crippen LogP contribution in [0, 0.1) is 26.7 Å². The van der Waals surface area contributed by atoms with Crippen molar-refractivity contribution in [3.63, 3.8) is 0 Å². The zero-order valence-corrected chi connectivity index (χ0v) is 13.6. The highest BCUT2D eigenvalue weighted by Crippen LogP contribution is 2.45. The fourth-order valence-corrected chi connectivity index (χ4v) is 3.18. The summed E-state index contributed by atoms with van der Waals surface area (Å²) in [5, 5.41) is 34.6. The van der Waals surface area contributed by atoms with Crippen LogP contribution in [-0.2, 0) is 0 Å². The van der Waals surface area contributed by atoms with Crippen molar-refractivity contribution >= 4 is 28.2 Å². The third-order valence-corrected chi connectivity index (χ3v) is 4.64. The van der Waals surface area contributed by atoms with Crippen molar-refractivity contribution < 1.29 is 9.77 Å². The smallest absolute Gasteiger partial charge is 0.279 e. The predicted molar refractivity (Wildman–Crippen MR) is 90.6 cm³/mol. The molecule has 0 N–H and O–H groups in total. The minimum atomic E-state index is -0.473. The summed E-state index contributed by atoms with van der Waals surface area (Å²) in [5.41, 5.74) is 1.22. The van der Waals surface area contributed by atoms with Crippen LogP contribution in [0.5, 0.6) is 0 Å². The van der Waals surface area contributed by atoms with Crippen LogP contribution < -0.4 is 4.85 Å². The highest BCUT2D eigenvalue weighted by molar-refractivity contribution is 6.30. The van der Waals surface area contributed by atoms with Gasteiger partial charge in [-0.2, -0.15) is 5.26 Å². The zero-order valence-electron chi connectivity index (χ0n) is 12.8. The number of halogens is 1. The Morgan fingerprint density at radius 2 is 1.96 bits per heavy atom. The maximum absolute atomic E-state index is 12.7. The molecule has 25 heavy (non-hydrogen) atoms. The van der Waals surface area contributed by atoms with Gasteiger partial charge in [-0.1, -0.05) is 21.1 Å². The standard InChI is InChI=1S/C17H11ClN4O3/c18-11-3-5-12(6-4-11)20-17(9-19)14-7-13(10-1-2-10)16(22(24)25)8-15(14)21(20)23/h3-8,10H,1-2H2.